The molecule has 2 saturated carbocycles. The first kappa shape index (κ1) is 8.05. The van der Waals surface area contributed by atoms with Crippen molar-refractivity contribution in [2.75, 3.05) is 7.11 Å². The van der Waals surface area contributed by atoms with Gasteiger partial charge < -0.3 is 9.84 Å². The molecule has 0 aromatic rings. The van der Waals surface area contributed by atoms with E-state index < -0.39 is 0 Å². The number of aliphatic hydroxyl groups is 1. The Morgan fingerprint density at radius 1 is 1.42 bits per heavy atom. The van der Waals surface area contributed by atoms with Crippen LogP contribution in [-0.2, 0) is 9.53 Å². The third-order valence-corrected chi connectivity index (χ3v) is 3.18. The fourth-order valence-corrected chi connectivity index (χ4v) is 2.46. The molecule has 0 amide bonds. The Labute approximate surface area is 71.7 Å². The van der Waals surface area contributed by atoms with Crippen LogP contribution in [0.25, 0.3) is 0 Å². The molecule has 1 N–H and O–H groups in total. The molecule has 2 aliphatic carbocycles. The van der Waals surface area contributed by atoms with Gasteiger partial charge in [0.15, 0.2) is 0 Å². The number of hydrogen-bond acceptors (Lipinski definition) is 3. The molecule has 0 aliphatic heterocycles. The average Bonchev–Trinajstić information content (AvgIpc) is 2.76. The zero-order valence-electron chi connectivity index (χ0n) is 7.19. The van der Waals surface area contributed by atoms with Gasteiger partial charge in [0.2, 0.25) is 0 Å². The summed E-state index contributed by atoms with van der Waals surface area (Å²) in [4.78, 5) is 11.1. The first-order valence-electron chi connectivity index (χ1n) is 4.50. The fraction of sp³-hybridized carbons (Fsp3) is 0.889. The predicted octanol–water partition coefficient (Wildman–Crippen LogP) is 0.566. The van der Waals surface area contributed by atoms with E-state index in [1.54, 1.807) is 0 Å². The van der Waals surface area contributed by atoms with E-state index in [1.807, 2.05) is 0 Å². The minimum atomic E-state index is -0.180. The molecule has 0 spiro atoms. The molecule has 2 aliphatic rings. The maximum absolute atomic E-state index is 11.1. The fourth-order valence-electron chi connectivity index (χ4n) is 2.46. The Kier molecular flexibility index (Phi) is 1.83. The van der Waals surface area contributed by atoms with Crippen LogP contribution in [0.5, 0.6) is 0 Å². The lowest BCUT2D eigenvalue weighted by atomic mass is 9.98. The van der Waals surface area contributed by atoms with Crippen LogP contribution in [0.1, 0.15) is 19.3 Å². The SMILES string of the molecule is COC(=O)C1C2CCC(O)CC21. The van der Waals surface area contributed by atoms with Crippen molar-refractivity contribution >= 4 is 5.97 Å². The highest BCUT2D eigenvalue weighted by Gasteiger charge is 2.57. The number of methoxy groups -OCH3 is 1. The number of carbonyl (C=O) groups is 1. The van der Waals surface area contributed by atoms with Crippen LogP contribution in [0.15, 0.2) is 0 Å². The number of carbonyl (C=O) groups excluding carboxylic acids is 1. The second-order valence-corrected chi connectivity index (χ2v) is 3.84. The number of ether oxygens (including phenoxy) is 1. The van der Waals surface area contributed by atoms with Gasteiger partial charge in [-0.1, -0.05) is 0 Å². The van der Waals surface area contributed by atoms with Crippen LogP contribution in [0.4, 0.5) is 0 Å². The molecular weight excluding hydrogens is 156 g/mol. The van der Waals surface area contributed by atoms with Gasteiger partial charge in [-0.2, -0.15) is 0 Å². The normalized spacial score (nSPS) is 44.8. The summed E-state index contributed by atoms with van der Waals surface area (Å²) in [5, 5.41) is 9.33. The second-order valence-electron chi connectivity index (χ2n) is 3.84. The van der Waals surface area contributed by atoms with E-state index in [-0.39, 0.29) is 18.0 Å². The molecule has 2 rings (SSSR count). The van der Waals surface area contributed by atoms with Gasteiger partial charge >= 0.3 is 5.97 Å². The smallest absolute Gasteiger partial charge is 0.309 e. The van der Waals surface area contributed by atoms with Gasteiger partial charge in [-0.15, -0.1) is 0 Å². The number of esters is 1. The molecule has 0 bridgehead atoms. The molecule has 0 radical (unpaired) electrons. The highest BCUT2D eigenvalue weighted by molar-refractivity contribution is 5.76. The van der Waals surface area contributed by atoms with Crippen molar-refractivity contribution in [1.29, 1.82) is 0 Å². The van der Waals surface area contributed by atoms with Crippen LogP contribution in [0.2, 0.25) is 0 Å². The summed E-state index contributed by atoms with van der Waals surface area (Å²) in [6.07, 6.45) is 2.46. The van der Waals surface area contributed by atoms with Crippen LogP contribution in [0.3, 0.4) is 0 Å². The monoisotopic (exact) mass is 170 g/mol. The Hall–Kier alpha value is -0.570. The summed E-state index contributed by atoms with van der Waals surface area (Å²) >= 11 is 0. The van der Waals surface area contributed by atoms with Gasteiger partial charge in [-0.05, 0) is 31.1 Å². The van der Waals surface area contributed by atoms with Crippen LogP contribution < -0.4 is 0 Å². The third-order valence-electron chi connectivity index (χ3n) is 3.18. The van der Waals surface area contributed by atoms with Gasteiger partial charge in [0, 0.05) is 0 Å². The molecule has 3 nitrogen and oxygen atoms in total. The Bertz CT molecular complexity index is 202. The molecule has 2 fully saturated rings. The van der Waals surface area contributed by atoms with E-state index in [1.165, 1.54) is 7.11 Å². The number of hydrogen-bond donors (Lipinski definition) is 1. The third kappa shape index (κ3) is 1.12. The van der Waals surface area contributed by atoms with E-state index in [9.17, 15) is 9.90 Å². The zero-order chi connectivity index (χ0) is 8.72. The van der Waals surface area contributed by atoms with Crippen LogP contribution >= 0.6 is 0 Å². The predicted molar refractivity (Wildman–Crippen MR) is 42.3 cm³/mol. The summed E-state index contributed by atoms with van der Waals surface area (Å²) in [6.45, 7) is 0. The van der Waals surface area contributed by atoms with Crippen LogP contribution in [-0.4, -0.2) is 24.3 Å². The second kappa shape index (κ2) is 2.73. The maximum atomic E-state index is 11.1. The Morgan fingerprint density at radius 2 is 2.17 bits per heavy atom. The first-order valence-corrected chi connectivity index (χ1v) is 4.50. The summed E-state index contributed by atoms with van der Waals surface area (Å²) in [7, 11) is 1.43. The van der Waals surface area contributed by atoms with Gasteiger partial charge in [0.1, 0.15) is 0 Å². The minimum Gasteiger partial charge on any atom is -0.469 e. The largest absolute Gasteiger partial charge is 0.469 e. The van der Waals surface area contributed by atoms with Crippen LogP contribution in [0, 0.1) is 17.8 Å². The standard InChI is InChI=1S/C9H14O3/c1-12-9(11)8-6-3-2-5(10)4-7(6)8/h5-8,10H,2-4H2,1H3. The van der Waals surface area contributed by atoms with Crippen molar-refractivity contribution in [3.63, 3.8) is 0 Å². The zero-order valence-corrected chi connectivity index (χ0v) is 7.19. The molecule has 0 aromatic heterocycles. The Morgan fingerprint density at radius 3 is 2.75 bits per heavy atom. The molecule has 0 saturated heterocycles. The lowest BCUT2D eigenvalue weighted by Crippen LogP contribution is -2.12. The van der Waals surface area contributed by atoms with E-state index in [0.717, 1.165) is 19.3 Å². The number of rotatable bonds is 1. The van der Waals surface area contributed by atoms with Crippen molar-refractivity contribution < 1.29 is 14.6 Å². The first-order chi connectivity index (χ1) is 5.74. The molecule has 12 heavy (non-hydrogen) atoms. The van der Waals surface area contributed by atoms with Gasteiger partial charge in [0.05, 0.1) is 19.1 Å². The number of fused-ring (bicyclic) bond motifs is 1. The Balaban J connectivity index is 1.94. The van der Waals surface area contributed by atoms with Crippen molar-refractivity contribution in [1.82, 2.24) is 0 Å². The lowest BCUT2D eigenvalue weighted by Gasteiger charge is -2.13. The van der Waals surface area contributed by atoms with Crippen molar-refractivity contribution in [3.8, 4) is 0 Å². The van der Waals surface area contributed by atoms with E-state index >= 15 is 0 Å². The van der Waals surface area contributed by atoms with Gasteiger partial charge in [0.25, 0.3) is 0 Å². The minimum absolute atomic E-state index is 0.0842. The highest BCUT2D eigenvalue weighted by Crippen LogP contribution is 2.55. The summed E-state index contributed by atoms with van der Waals surface area (Å²) in [5.74, 6) is 0.952. The molecule has 68 valence electrons. The number of aliphatic hydroxyl groups excluding tert-OH is 1. The lowest BCUT2D eigenvalue weighted by molar-refractivity contribution is -0.142. The van der Waals surface area contributed by atoms with Crippen molar-refractivity contribution in [2.24, 2.45) is 17.8 Å². The summed E-state index contributed by atoms with van der Waals surface area (Å²) in [6, 6.07) is 0. The molecule has 0 aromatic carbocycles. The van der Waals surface area contributed by atoms with E-state index in [2.05, 4.69) is 4.74 Å². The molecule has 4 unspecified atom stereocenters. The van der Waals surface area contributed by atoms with Gasteiger partial charge in [-0.25, -0.2) is 0 Å². The molecule has 4 atom stereocenters. The molecule has 3 heteroatoms. The quantitative estimate of drug-likeness (QED) is 0.585. The van der Waals surface area contributed by atoms with Crippen molar-refractivity contribution in [3.05, 3.63) is 0 Å². The van der Waals surface area contributed by atoms with Crippen molar-refractivity contribution in [2.45, 2.75) is 25.4 Å². The average molecular weight is 170 g/mol. The van der Waals surface area contributed by atoms with E-state index in [4.69, 9.17) is 0 Å². The summed E-state index contributed by atoms with van der Waals surface area (Å²) < 4.78 is 4.68. The molecular formula is C9H14O3. The maximum Gasteiger partial charge on any atom is 0.309 e. The van der Waals surface area contributed by atoms with Gasteiger partial charge in [-0.3, -0.25) is 4.79 Å². The summed E-state index contributed by atoms with van der Waals surface area (Å²) in [5.41, 5.74) is 0. The topological polar surface area (TPSA) is 46.5 Å². The highest BCUT2D eigenvalue weighted by atomic mass is 16.5. The van der Waals surface area contributed by atoms with E-state index in [0.29, 0.717) is 11.8 Å². The molecule has 0 heterocycles.